The fraction of sp³-hybridized carbons (Fsp3) is 0.500. The Balaban J connectivity index is 2.22. The summed E-state index contributed by atoms with van der Waals surface area (Å²) in [6.07, 6.45) is -0.139. The lowest BCUT2D eigenvalue weighted by Gasteiger charge is -2.14. The topological polar surface area (TPSA) is 35.2 Å². The van der Waals surface area contributed by atoms with E-state index >= 15 is 0 Å². The van der Waals surface area contributed by atoms with E-state index in [2.05, 4.69) is 0 Å². The summed E-state index contributed by atoms with van der Waals surface area (Å²) >= 11 is 0. The summed E-state index contributed by atoms with van der Waals surface area (Å²) in [5.74, 6) is -2.65. The smallest absolute Gasteiger partial charge is 0.260 e. The Bertz CT molecular complexity index is 377. The highest BCUT2D eigenvalue weighted by molar-refractivity contribution is 5.39. The van der Waals surface area contributed by atoms with Gasteiger partial charge in [0.2, 0.25) is 0 Å². The quantitative estimate of drug-likeness (QED) is 0.854. The lowest BCUT2D eigenvalue weighted by atomic mass is 9.94. The van der Waals surface area contributed by atoms with Crippen LogP contribution in [0.15, 0.2) is 24.3 Å². The average Bonchev–Trinajstić information content (AvgIpc) is 2.84. The van der Waals surface area contributed by atoms with Gasteiger partial charge in [-0.2, -0.15) is 0 Å². The third kappa shape index (κ3) is 1.62. The van der Waals surface area contributed by atoms with Crippen molar-refractivity contribution in [1.29, 1.82) is 0 Å². The molecule has 1 aliphatic carbocycles. The van der Waals surface area contributed by atoms with Crippen molar-refractivity contribution in [2.75, 3.05) is 13.7 Å². The third-order valence-electron chi connectivity index (χ3n) is 3.26. The lowest BCUT2D eigenvalue weighted by molar-refractivity contribution is 0.0896. The molecule has 0 saturated heterocycles. The Morgan fingerprint density at radius 2 is 1.88 bits per heavy atom. The standard InChI is InChI=1S/C12H15F2NO/c1-16-6-9-2-4-10(5-3-9)11(8-15)7-12(11,13)14/h2-5H,6-8,15H2,1H3. The van der Waals surface area contributed by atoms with E-state index in [0.717, 1.165) is 5.56 Å². The number of methoxy groups -OCH3 is 1. The molecule has 1 fully saturated rings. The van der Waals surface area contributed by atoms with Gasteiger partial charge in [-0.05, 0) is 11.1 Å². The molecule has 0 radical (unpaired) electrons. The van der Waals surface area contributed by atoms with Gasteiger partial charge in [0.15, 0.2) is 0 Å². The Hall–Kier alpha value is -1.00. The molecule has 88 valence electrons. The molecule has 0 bridgehead atoms. The second-order valence-corrected chi connectivity index (χ2v) is 4.30. The van der Waals surface area contributed by atoms with E-state index in [1.54, 1.807) is 19.2 Å². The molecule has 0 aliphatic heterocycles. The van der Waals surface area contributed by atoms with Crippen molar-refractivity contribution in [3.05, 3.63) is 35.4 Å². The van der Waals surface area contributed by atoms with E-state index in [4.69, 9.17) is 10.5 Å². The van der Waals surface area contributed by atoms with Crippen LogP contribution in [0.4, 0.5) is 8.78 Å². The number of nitrogens with two attached hydrogens (primary N) is 1. The predicted octanol–water partition coefficient (Wildman–Crippen LogP) is 2.07. The molecule has 1 aromatic rings. The maximum Gasteiger partial charge on any atom is 0.260 e. The van der Waals surface area contributed by atoms with Gasteiger partial charge in [0.1, 0.15) is 0 Å². The fourth-order valence-corrected chi connectivity index (χ4v) is 2.07. The van der Waals surface area contributed by atoms with Gasteiger partial charge in [0, 0.05) is 20.1 Å². The zero-order valence-electron chi connectivity index (χ0n) is 9.17. The molecular weight excluding hydrogens is 212 g/mol. The molecule has 1 aromatic carbocycles. The number of halogens is 2. The number of alkyl halides is 2. The molecule has 0 aromatic heterocycles. The van der Waals surface area contributed by atoms with Gasteiger partial charge < -0.3 is 10.5 Å². The molecule has 0 heterocycles. The number of hydrogen-bond donors (Lipinski definition) is 1. The van der Waals surface area contributed by atoms with E-state index in [1.165, 1.54) is 0 Å². The van der Waals surface area contributed by atoms with E-state index in [-0.39, 0.29) is 13.0 Å². The monoisotopic (exact) mass is 227 g/mol. The zero-order chi connectivity index (χ0) is 11.8. The van der Waals surface area contributed by atoms with Crippen molar-refractivity contribution in [2.24, 2.45) is 5.73 Å². The molecule has 4 heteroatoms. The van der Waals surface area contributed by atoms with Crippen LogP contribution in [0, 0.1) is 0 Å². The Labute approximate surface area is 93.4 Å². The van der Waals surface area contributed by atoms with Crippen LogP contribution >= 0.6 is 0 Å². The highest BCUT2D eigenvalue weighted by Gasteiger charge is 2.70. The molecule has 1 unspecified atom stereocenters. The molecule has 0 amide bonds. The third-order valence-corrected chi connectivity index (χ3v) is 3.26. The van der Waals surface area contributed by atoms with E-state index < -0.39 is 11.3 Å². The first-order chi connectivity index (χ1) is 7.55. The first-order valence-electron chi connectivity index (χ1n) is 5.22. The van der Waals surface area contributed by atoms with Gasteiger partial charge in [0.05, 0.1) is 12.0 Å². The van der Waals surface area contributed by atoms with Gasteiger partial charge in [-0.1, -0.05) is 24.3 Å². The zero-order valence-corrected chi connectivity index (χ0v) is 9.17. The highest BCUT2D eigenvalue weighted by Crippen LogP contribution is 2.60. The van der Waals surface area contributed by atoms with Crippen LogP contribution < -0.4 is 5.73 Å². The Morgan fingerprint density at radius 3 is 2.25 bits per heavy atom. The van der Waals surface area contributed by atoms with Crippen LogP contribution in [0.3, 0.4) is 0 Å². The maximum absolute atomic E-state index is 13.3. The first-order valence-corrected chi connectivity index (χ1v) is 5.22. The number of benzene rings is 1. The summed E-state index contributed by atoms with van der Waals surface area (Å²) in [7, 11) is 1.60. The van der Waals surface area contributed by atoms with Crippen molar-refractivity contribution in [3.8, 4) is 0 Å². The number of hydrogen-bond acceptors (Lipinski definition) is 2. The van der Waals surface area contributed by atoms with Crippen molar-refractivity contribution >= 4 is 0 Å². The van der Waals surface area contributed by atoms with Crippen LogP contribution in [-0.4, -0.2) is 19.6 Å². The second-order valence-electron chi connectivity index (χ2n) is 4.30. The first kappa shape index (κ1) is 11.5. The molecular formula is C12H15F2NO. The van der Waals surface area contributed by atoms with Crippen molar-refractivity contribution < 1.29 is 13.5 Å². The van der Waals surface area contributed by atoms with Crippen LogP contribution in [0.5, 0.6) is 0 Å². The molecule has 2 nitrogen and oxygen atoms in total. The minimum absolute atomic E-state index is 0.0103. The van der Waals surface area contributed by atoms with Crippen molar-refractivity contribution in [2.45, 2.75) is 24.4 Å². The SMILES string of the molecule is COCc1ccc(C2(CN)CC2(F)F)cc1. The average molecular weight is 227 g/mol. The van der Waals surface area contributed by atoms with Crippen LogP contribution in [0.25, 0.3) is 0 Å². The minimum atomic E-state index is -2.65. The molecule has 1 aliphatic rings. The second kappa shape index (κ2) is 3.79. The van der Waals surface area contributed by atoms with Crippen LogP contribution in [0.1, 0.15) is 17.5 Å². The van der Waals surface area contributed by atoms with Crippen molar-refractivity contribution in [1.82, 2.24) is 0 Å². The van der Waals surface area contributed by atoms with E-state index in [1.807, 2.05) is 12.1 Å². The Kier molecular flexibility index (Phi) is 2.72. The summed E-state index contributed by atoms with van der Waals surface area (Å²) in [4.78, 5) is 0. The van der Waals surface area contributed by atoms with Gasteiger partial charge >= 0.3 is 0 Å². The maximum atomic E-state index is 13.3. The fourth-order valence-electron chi connectivity index (χ4n) is 2.07. The summed E-state index contributed by atoms with van der Waals surface area (Å²) in [5, 5.41) is 0. The lowest BCUT2D eigenvalue weighted by Crippen LogP contribution is -2.26. The van der Waals surface area contributed by atoms with Gasteiger partial charge in [0.25, 0.3) is 5.92 Å². The minimum Gasteiger partial charge on any atom is -0.380 e. The van der Waals surface area contributed by atoms with Gasteiger partial charge in [-0.15, -0.1) is 0 Å². The molecule has 16 heavy (non-hydrogen) atoms. The van der Waals surface area contributed by atoms with E-state index in [9.17, 15) is 8.78 Å². The van der Waals surface area contributed by atoms with Crippen LogP contribution in [-0.2, 0) is 16.8 Å². The molecule has 1 saturated carbocycles. The molecule has 2 rings (SSSR count). The van der Waals surface area contributed by atoms with Gasteiger partial charge in [-0.25, -0.2) is 8.78 Å². The summed E-state index contributed by atoms with van der Waals surface area (Å²) < 4.78 is 31.5. The van der Waals surface area contributed by atoms with Crippen molar-refractivity contribution in [3.63, 3.8) is 0 Å². The highest BCUT2D eigenvalue weighted by atomic mass is 19.3. The normalized spacial score (nSPS) is 26.8. The largest absolute Gasteiger partial charge is 0.380 e. The Morgan fingerprint density at radius 1 is 1.31 bits per heavy atom. The van der Waals surface area contributed by atoms with Crippen LogP contribution in [0.2, 0.25) is 0 Å². The summed E-state index contributed by atoms with van der Waals surface area (Å²) in [6, 6.07) is 7.07. The van der Waals surface area contributed by atoms with E-state index in [0.29, 0.717) is 12.2 Å². The number of ether oxygens (including phenoxy) is 1. The van der Waals surface area contributed by atoms with Gasteiger partial charge in [-0.3, -0.25) is 0 Å². The number of rotatable bonds is 4. The summed E-state index contributed by atoms with van der Waals surface area (Å²) in [6.45, 7) is 0.482. The molecule has 0 spiro atoms. The molecule has 1 atom stereocenters. The predicted molar refractivity (Wildman–Crippen MR) is 57.5 cm³/mol. The molecule has 2 N–H and O–H groups in total. The summed E-state index contributed by atoms with van der Waals surface area (Å²) in [5.41, 5.74) is 5.94.